The normalized spacial score (nSPS) is 18.8. The van der Waals surface area contributed by atoms with E-state index in [-0.39, 0.29) is 34.6 Å². The van der Waals surface area contributed by atoms with E-state index in [2.05, 4.69) is 20.6 Å². The van der Waals surface area contributed by atoms with E-state index >= 15 is 0 Å². The molecule has 0 aliphatic heterocycles. The van der Waals surface area contributed by atoms with Gasteiger partial charge in [-0.25, -0.2) is 14.4 Å². The van der Waals surface area contributed by atoms with Crippen molar-refractivity contribution in [2.75, 3.05) is 5.32 Å². The van der Waals surface area contributed by atoms with Crippen molar-refractivity contribution in [3.05, 3.63) is 72.2 Å². The van der Waals surface area contributed by atoms with Crippen LogP contribution in [0.15, 0.2) is 55.1 Å². The number of benzene rings is 1. The van der Waals surface area contributed by atoms with Gasteiger partial charge in [0.15, 0.2) is 0 Å². The summed E-state index contributed by atoms with van der Waals surface area (Å²) >= 11 is 0. The van der Waals surface area contributed by atoms with Crippen molar-refractivity contribution in [2.45, 2.75) is 43.9 Å². The lowest BCUT2D eigenvalue weighted by molar-refractivity contribution is -0.140. The smallest absolute Gasteiger partial charge is 0.382 e. The highest BCUT2D eigenvalue weighted by molar-refractivity contribution is 5.94. The summed E-state index contributed by atoms with van der Waals surface area (Å²) in [5.74, 6) is -0.780. The first-order chi connectivity index (χ1) is 16.3. The Morgan fingerprint density at radius 2 is 1.91 bits per heavy atom. The molecule has 0 radical (unpaired) electrons. The number of nitrogens with zero attached hydrogens (tertiary/aromatic N) is 3. The number of fused-ring (bicyclic) bond motifs is 2. The molecule has 0 saturated heterocycles. The molecule has 10 heteroatoms. The molecule has 34 heavy (non-hydrogen) atoms. The van der Waals surface area contributed by atoms with Crippen molar-refractivity contribution in [1.82, 2.24) is 19.7 Å². The fourth-order valence-corrected chi connectivity index (χ4v) is 4.46. The maximum Gasteiger partial charge on any atom is 0.433 e. The molecular formula is C24H21F4N5O. The first-order valence-electron chi connectivity index (χ1n) is 10.9. The Bertz CT molecular complexity index is 1370. The van der Waals surface area contributed by atoms with Crippen LogP contribution in [0.4, 0.5) is 23.2 Å². The van der Waals surface area contributed by atoms with Crippen LogP contribution < -0.4 is 10.6 Å². The standard InChI is InChI=1S/C24H21F4N5O/c25-15-5-7-20-19(8-15)21(10-22(32-20)24(26,27)28)30-16-2-1-3-17(9-16)31-23(34)14-4-6-18-11-29-13-33(18)12-14/h4-8,10-13,16-17H,1-3,9H2,(H,30,32)(H,31,34)/t16-,17+/m0/s1. The highest BCUT2D eigenvalue weighted by Crippen LogP contribution is 2.34. The first-order valence-corrected chi connectivity index (χ1v) is 10.9. The van der Waals surface area contributed by atoms with Crippen LogP contribution in [0.25, 0.3) is 16.4 Å². The highest BCUT2D eigenvalue weighted by Gasteiger charge is 2.34. The molecule has 0 spiro atoms. The average molecular weight is 471 g/mol. The van der Waals surface area contributed by atoms with Gasteiger partial charge >= 0.3 is 6.18 Å². The molecule has 3 heterocycles. The number of nitrogens with one attached hydrogen (secondary N) is 2. The molecule has 4 aromatic rings. The van der Waals surface area contributed by atoms with Crippen LogP contribution in [0.5, 0.6) is 0 Å². The molecule has 0 unspecified atom stereocenters. The Kier molecular flexibility index (Phi) is 5.59. The van der Waals surface area contributed by atoms with Crippen LogP contribution in [-0.4, -0.2) is 32.4 Å². The van der Waals surface area contributed by atoms with Gasteiger partial charge in [-0.15, -0.1) is 0 Å². The second-order valence-electron chi connectivity index (χ2n) is 8.54. The van der Waals surface area contributed by atoms with Crippen LogP contribution in [0.3, 0.4) is 0 Å². The Morgan fingerprint density at radius 3 is 2.74 bits per heavy atom. The number of amides is 1. The van der Waals surface area contributed by atoms with Crippen molar-refractivity contribution in [2.24, 2.45) is 0 Å². The van der Waals surface area contributed by atoms with Crippen molar-refractivity contribution in [3.63, 3.8) is 0 Å². The second-order valence-corrected chi connectivity index (χ2v) is 8.54. The van der Waals surface area contributed by atoms with Gasteiger partial charge in [-0.05, 0) is 62.1 Å². The Balaban J connectivity index is 1.34. The number of imidazole rings is 1. The molecule has 6 nitrogen and oxygen atoms in total. The molecule has 1 aliphatic rings. The number of hydrogen-bond donors (Lipinski definition) is 2. The summed E-state index contributed by atoms with van der Waals surface area (Å²) in [6, 6.07) is 7.62. The second kappa shape index (κ2) is 8.58. The summed E-state index contributed by atoms with van der Waals surface area (Å²) in [5.41, 5.74) is 0.571. The number of carbonyl (C=O) groups excluding carboxylic acids is 1. The number of hydrogen-bond acceptors (Lipinski definition) is 4. The van der Waals surface area contributed by atoms with Crippen LogP contribution in [0.2, 0.25) is 0 Å². The van der Waals surface area contributed by atoms with Gasteiger partial charge in [-0.1, -0.05) is 0 Å². The molecule has 1 saturated carbocycles. The van der Waals surface area contributed by atoms with Crippen molar-refractivity contribution >= 4 is 28.0 Å². The monoisotopic (exact) mass is 471 g/mol. The van der Waals surface area contributed by atoms with Gasteiger partial charge in [-0.2, -0.15) is 13.2 Å². The molecule has 1 aromatic carbocycles. The van der Waals surface area contributed by atoms with Crippen LogP contribution >= 0.6 is 0 Å². The molecule has 1 amide bonds. The summed E-state index contributed by atoms with van der Waals surface area (Å²) in [7, 11) is 0. The molecule has 0 bridgehead atoms. The fraction of sp³-hybridized carbons (Fsp3) is 0.292. The largest absolute Gasteiger partial charge is 0.433 e. The number of pyridine rings is 2. The molecule has 1 fully saturated rings. The van der Waals surface area contributed by atoms with E-state index < -0.39 is 17.7 Å². The summed E-state index contributed by atoms with van der Waals surface area (Å²) in [5, 5.41) is 6.47. The minimum atomic E-state index is -4.63. The molecule has 2 N–H and O–H groups in total. The topological polar surface area (TPSA) is 71.3 Å². The third-order valence-electron chi connectivity index (χ3n) is 6.10. The van der Waals surface area contributed by atoms with E-state index in [0.717, 1.165) is 30.5 Å². The zero-order valence-corrected chi connectivity index (χ0v) is 17.9. The van der Waals surface area contributed by atoms with Gasteiger partial charge in [0.05, 0.1) is 29.1 Å². The van der Waals surface area contributed by atoms with Gasteiger partial charge in [-0.3, -0.25) is 4.79 Å². The van der Waals surface area contributed by atoms with Gasteiger partial charge in [0.1, 0.15) is 11.5 Å². The Hall–Kier alpha value is -3.69. The highest BCUT2D eigenvalue weighted by atomic mass is 19.4. The lowest BCUT2D eigenvalue weighted by Gasteiger charge is -2.31. The fourth-order valence-electron chi connectivity index (χ4n) is 4.46. The van der Waals surface area contributed by atoms with E-state index in [9.17, 15) is 22.4 Å². The van der Waals surface area contributed by atoms with E-state index in [1.807, 2.05) is 0 Å². The van der Waals surface area contributed by atoms with Gasteiger partial charge < -0.3 is 15.0 Å². The lowest BCUT2D eigenvalue weighted by atomic mass is 9.90. The molecule has 5 rings (SSSR count). The lowest BCUT2D eigenvalue weighted by Crippen LogP contribution is -2.41. The molecule has 176 valence electrons. The third-order valence-corrected chi connectivity index (χ3v) is 6.10. The molecule has 2 atom stereocenters. The third kappa shape index (κ3) is 4.52. The van der Waals surface area contributed by atoms with Gasteiger partial charge in [0.25, 0.3) is 5.91 Å². The number of alkyl halides is 3. The minimum absolute atomic E-state index is 0.0641. The molecule has 1 aliphatic carbocycles. The maximum atomic E-state index is 13.8. The minimum Gasteiger partial charge on any atom is -0.382 e. The average Bonchev–Trinajstić information content (AvgIpc) is 3.27. The zero-order chi connectivity index (χ0) is 23.9. The van der Waals surface area contributed by atoms with Crippen molar-refractivity contribution in [1.29, 1.82) is 0 Å². The maximum absolute atomic E-state index is 13.8. The SMILES string of the molecule is O=C(N[C@@H]1CCC[C@H](Nc2cc(C(F)(F)F)nc3ccc(F)cc23)C1)c1ccc2cncn2c1. The zero-order valence-electron chi connectivity index (χ0n) is 17.9. The predicted octanol–water partition coefficient (Wildman–Crippen LogP) is 5.19. The van der Waals surface area contributed by atoms with E-state index in [1.54, 1.807) is 35.3 Å². The first kappa shape index (κ1) is 22.1. The summed E-state index contributed by atoms with van der Waals surface area (Å²) in [4.78, 5) is 20.5. The van der Waals surface area contributed by atoms with E-state index in [1.165, 1.54) is 12.1 Å². The number of anilines is 1. The van der Waals surface area contributed by atoms with Crippen LogP contribution in [0.1, 0.15) is 41.7 Å². The summed E-state index contributed by atoms with van der Waals surface area (Å²) in [6.45, 7) is 0. The number of aromatic nitrogens is 3. The summed E-state index contributed by atoms with van der Waals surface area (Å²) in [6.07, 6.45) is 3.17. The van der Waals surface area contributed by atoms with Gasteiger partial charge in [0, 0.05) is 29.4 Å². The van der Waals surface area contributed by atoms with Crippen molar-refractivity contribution < 1.29 is 22.4 Å². The molecule has 3 aromatic heterocycles. The van der Waals surface area contributed by atoms with Crippen molar-refractivity contribution in [3.8, 4) is 0 Å². The predicted molar refractivity (Wildman–Crippen MR) is 119 cm³/mol. The van der Waals surface area contributed by atoms with Crippen LogP contribution in [-0.2, 0) is 6.18 Å². The quantitative estimate of drug-likeness (QED) is 0.402. The number of carbonyl (C=O) groups is 1. The Morgan fingerprint density at radius 1 is 1.09 bits per heavy atom. The van der Waals surface area contributed by atoms with E-state index in [4.69, 9.17) is 0 Å². The Labute approximate surface area is 192 Å². The van der Waals surface area contributed by atoms with Gasteiger partial charge in [0.2, 0.25) is 0 Å². The summed E-state index contributed by atoms with van der Waals surface area (Å²) < 4.78 is 55.7. The van der Waals surface area contributed by atoms with Crippen LogP contribution in [0, 0.1) is 5.82 Å². The number of halogens is 4. The van der Waals surface area contributed by atoms with E-state index in [0.29, 0.717) is 18.4 Å². The number of rotatable bonds is 4. The molecular weight excluding hydrogens is 450 g/mol.